The van der Waals surface area contributed by atoms with Crippen LogP contribution >= 0.6 is 11.6 Å². The average molecular weight is 415 g/mol. The molecule has 0 unspecified atom stereocenters. The number of amides is 1. The third-order valence-corrected chi connectivity index (χ3v) is 5.07. The molecule has 0 atom stereocenters. The zero-order valence-electron chi connectivity index (χ0n) is 16.9. The van der Waals surface area contributed by atoms with Gasteiger partial charge < -0.3 is 10.2 Å². The van der Waals surface area contributed by atoms with Crippen molar-refractivity contribution in [2.75, 3.05) is 16.8 Å². The van der Waals surface area contributed by atoms with Gasteiger partial charge in [0.1, 0.15) is 16.5 Å². The third-order valence-electron chi connectivity index (χ3n) is 4.72. The fourth-order valence-electron chi connectivity index (χ4n) is 3.29. The summed E-state index contributed by atoms with van der Waals surface area (Å²) in [7, 11) is 0. The summed E-state index contributed by atoms with van der Waals surface area (Å²) < 4.78 is 14.6. The van der Waals surface area contributed by atoms with E-state index in [9.17, 15) is 9.18 Å². The van der Waals surface area contributed by atoms with Crippen molar-refractivity contribution in [3.05, 3.63) is 70.8 Å². The van der Waals surface area contributed by atoms with Crippen molar-refractivity contribution in [1.29, 1.82) is 0 Å². The number of carbonyl (C=O) groups excluding carboxylic acids is 1. The van der Waals surface area contributed by atoms with Crippen LogP contribution in [0.2, 0.25) is 5.15 Å². The van der Waals surface area contributed by atoms with Gasteiger partial charge in [-0.05, 0) is 76.2 Å². The highest BCUT2D eigenvalue weighted by Crippen LogP contribution is 2.26. The minimum atomic E-state index is -0.353. The van der Waals surface area contributed by atoms with Gasteiger partial charge in [0.15, 0.2) is 0 Å². The maximum Gasteiger partial charge on any atom is 0.260 e. The summed E-state index contributed by atoms with van der Waals surface area (Å²) in [6, 6.07) is 13.8. The molecule has 152 valence electrons. The first-order valence-corrected chi connectivity index (χ1v) is 9.88. The highest BCUT2D eigenvalue weighted by molar-refractivity contribution is 6.34. The molecule has 29 heavy (non-hydrogen) atoms. The summed E-state index contributed by atoms with van der Waals surface area (Å²) in [6.07, 6.45) is 0. The molecule has 2 aromatic carbocycles. The van der Waals surface area contributed by atoms with E-state index in [-0.39, 0.29) is 22.4 Å². The Morgan fingerprint density at radius 1 is 1.17 bits per heavy atom. The summed E-state index contributed by atoms with van der Waals surface area (Å²) in [5.74, 6) is -0.695. The van der Waals surface area contributed by atoms with Crippen LogP contribution in [0.5, 0.6) is 0 Å². The minimum absolute atomic E-state index is 0.181. The van der Waals surface area contributed by atoms with Crippen molar-refractivity contribution in [3.8, 4) is 5.69 Å². The van der Waals surface area contributed by atoms with Crippen molar-refractivity contribution < 1.29 is 9.18 Å². The smallest absolute Gasteiger partial charge is 0.260 e. The number of hydrogen-bond donors (Lipinski definition) is 1. The second-order valence-corrected chi connectivity index (χ2v) is 7.38. The Balaban J connectivity index is 1.82. The van der Waals surface area contributed by atoms with Crippen LogP contribution in [0.1, 0.15) is 36.8 Å². The lowest BCUT2D eigenvalue weighted by atomic mass is 10.2. The summed E-state index contributed by atoms with van der Waals surface area (Å²) in [4.78, 5) is 15.1. The van der Waals surface area contributed by atoms with Crippen LogP contribution in [0.4, 0.5) is 15.8 Å². The number of halogens is 2. The number of hydrogen-bond acceptors (Lipinski definition) is 3. The topological polar surface area (TPSA) is 50.2 Å². The number of nitrogens with one attached hydrogen (secondary N) is 1. The molecule has 1 heterocycles. The van der Waals surface area contributed by atoms with E-state index in [1.807, 2.05) is 24.3 Å². The predicted molar refractivity (Wildman–Crippen MR) is 116 cm³/mol. The molecule has 0 aliphatic carbocycles. The maximum absolute atomic E-state index is 13.2. The first kappa shape index (κ1) is 20.9. The first-order chi connectivity index (χ1) is 13.8. The quantitative estimate of drug-likeness (QED) is 0.582. The lowest BCUT2D eigenvalue weighted by Gasteiger charge is -2.27. The molecule has 0 fully saturated rings. The number of aryl methyl sites for hydroxylation is 1. The molecule has 1 amide bonds. The van der Waals surface area contributed by atoms with E-state index in [0.29, 0.717) is 23.1 Å². The summed E-state index contributed by atoms with van der Waals surface area (Å²) in [5, 5.41) is 7.39. The highest BCUT2D eigenvalue weighted by Gasteiger charge is 2.21. The van der Waals surface area contributed by atoms with E-state index in [2.05, 4.69) is 36.1 Å². The Morgan fingerprint density at radius 3 is 2.34 bits per heavy atom. The van der Waals surface area contributed by atoms with Crippen LogP contribution in [0, 0.1) is 12.7 Å². The molecule has 7 heteroatoms. The van der Waals surface area contributed by atoms with Crippen LogP contribution in [-0.2, 0) is 0 Å². The number of benzene rings is 2. The number of rotatable bonds is 6. The van der Waals surface area contributed by atoms with Crippen molar-refractivity contribution in [3.63, 3.8) is 0 Å². The van der Waals surface area contributed by atoms with Gasteiger partial charge in [-0.2, -0.15) is 5.10 Å². The second kappa shape index (κ2) is 8.66. The van der Waals surface area contributed by atoms with E-state index in [1.54, 1.807) is 19.1 Å². The Bertz CT molecular complexity index is 997. The van der Waals surface area contributed by atoms with Crippen LogP contribution in [0.25, 0.3) is 5.69 Å². The molecule has 0 radical (unpaired) electrons. The number of aromatic nitrogens is 2. The lowest BCUT2D eigenvalue weighted by Crippen LogP contribution is -2.30. The number of anilines is 2. The van der Waals surface area contributed by atoms with Gasteiger partial charge in [-0.15, -0.1) is 0 Å². The third kappa shape index (κ3) is 4.43. The Labute approximate surface area is 175 Å². The molecule has 0 aliphatic heterocycles. The average Bonchev–Trinajstić information content (AvgIpc) is 2.98. The molecule has 1 aromatic heterocycles. The molecule has 3 rings (SSSR count). The summed E-state index contributed by atoms with van der Waals surface area (Å²) in [5.41, 5.74) is 3.13. The Kier molecular flexibility index (Phi) is 6.23. The Morgan fingerprint density at radius 2 is 1.79 bits per heavy atom. The normalized spacial score (nSPS) is 11.0. The van der Waals surface area contributed by atoms with Gasteiger partial charge in [-0.25, -0.2) is 9.07 Å². The van der Waals surface area contributed by atoms with Crippen LogP contribution in [0.15, 0.2) is 48.5 Å². The monoisotopic (exact) mass is 414 g/mol. The Hall–Kier alpha value is -2.86. The van der Waals surface area contributed by atoms with E-state index >= 15 is 0 Å². The summed E-state index contributed by atoms with van der Waals surface area (Å²) in [6.45, 7) is 9.01. The molecule has 0 saturated heterocycles. The summed E-state index contributed by atoms with van der Waals surface area (Å²) >= 11 is 6.42. The van der Waals surface area contributed by atoms with Gasteiger partial charge in [0.25, 0.3) is 5.91 Å². The van der Waals surface area contributed by atoms with Gasteiger partial charge in [-0.1, -0.05) is 11.6 Å². The SMILES string of the molecule is CCN(c1ccc(NC(=O)c2c(C)nn(-c3ccc(F)cc3)c2Cl)cc1)C(C)C. The van der Waals surface area contributed by atoms with Gasteiger partial charge in [0, 0.05) is 24.0 Å². The maximum atomic E-state index is 13.2. The van der Waals surface area contributed by atoms with E-state index < -0.39 is 0 Å². The molecule has 0 saturated carbocycles. The fraction of sp³-hybridized carbons (Fsp3) is 0.273. The number of nitrogens with zero attached hydrogens (tertiary/aromatic N) is 3. The van der Waals surface area contributed by atoms with Crippen molar-refractivity contribution in [2.24, 2.45) is 0 Å². The van der Waals surface area contributed by atoms with Crippen molar-refractivity contribution >= 4 is 28.9 Å². The molecule has 5 nitrogen and oxygen atoms in total. The van der Waals surface area contributed by atoms with Crippen LogP contribution in [0.3, 0.4) is 0 Å². The van der Waals surface area contributed by atoms with E-state index in [4.69, 9.17) is 11.6 Å². The minimum Gasteiger partial charge on any atom is -0.369 e. The fourth-order valence-corrected chi connectivity index (χ4v) is 3.64. The lowest BCUT2D eigenvalue weighted by molar-refractivity contribution is 0.102. The standard InChI is InChI=1S/C22H24ClFN4O/c1-5-27(14(2)3)18-12-8-17(9-13-18)25-22(29)20-15(4)26-28(21(20)23)19-10-6-16(24)7-11-19/h6-14H,5H2,1-4H3,(H,25,29). The molecule has 0 spiro atoms. The van der Waals surface area contributed by atoms with E-state index in [1.165, 1.54) is 16.8 Å². The van der Waals surface area contributed by atoms with Gasteiger partial charge >= 0.3 is 0 Å². The molecular formula is C22H24ClFN4O. The highest BCUT2D eigenvalue weighted by atomic mass is 35.5. The van der Waals surface area contributed by atoms with Gasteiger partial charge in [0.05, 0.1) is 11.4 Å². The second-order valence-electron chi connectivity index (χ2n) is 7.02. The van der Waals surface area contributed by atoms with Crippen LogP contribution in [-0.4, -0.2) is 28.3 Å². The zero-order chi connectivity index (χ0) is 21.1. The molecular weight excluding hydrogens is 391 g/mol. The van der Waals surface area contributed by atoms with Crippen molar-refractivity contribution in [2.45, 2.75) is 33.7 Å². The van der Waals surface area contributed by atoms with Gasteiger partial charge in [-0.3, -0.25) is 4.79 Å². The zero-order valence-corrected chi connectivity index (χ0v) is 17.7. The molecule has 1 N–H and O–H groups in total. The predicted octanol–water partition coefficient (Wildman–Crippen LogP) is 5.46. The first-order valence-electron chi connectivity index (χ1n) is 9.51. The number of carbonyl (C=O) groups is 1. The molecule has 3 aromatic rings. The van der Waals surface area contributed by atoms with Crippen molar-refractivity contribution in [1.82, 2.24) is 9.78 Å². The largest absolute Gasteiger partial charge is 0.369 e. The molecule has 0 aliphatic rings. The van der Waals surface area contributed by atoms with Crippen LogP contribution < -0.4 is 10.2 Å². The van der Waals surface area contributed by atoms with Gasteiger partial charge in [0.2, 0.25) is 0 Å². The molecule has 0 bridgehead atoms. The van der Waals surface area contributed by atoms with E-state index in [0.717, 1.165) is 12.2 Å².